The molecule has 3 unspecified atom stereocenters. The van der Waals surface area contributed by atoms with E-state index < -0.39 is 0 Å². The van der Waals surface area contributed by atoms with E-state index in [0.717, 1.165) is 34.5 Å². The van der Waals surface area contributed by atoms with E-state index in [2.05, 4.69) is 35.0 Å². The number of benzene rings is 1. The minimum absolute atomic E-state index is 0.00861. The molecule has 0 amide bonds. The second-order valence-electron chi connectivity index (χ2n) is 6.68. The number of pyridine rings is 1. The third kappa shape index (κ3) is 3.27. The smallest absolute Gasteiger partial charge is 0.161 e. The van der Waals surface area contributed by atoms with E-state index >= 15 is 0 Å². The molecule has 3 atom stereocenters. The second kappa shape index (κ2) is 7.80. The quantitative estimate of drug-likeness (QED) is 0.737. The Morgan fingerprint density at radius 3 is 2.78 bits per heavy atom. The lowest BCUT2D eigenvalue weighted by Crippen LogP contribution is -2.35. The topological polar surface area (TPSA) is 47.0 Å². The van der Waals surface area contributed by atoms with Gasteiger partial charge in [0.05, 0.1) is 25.5 Å². The van der Waals surface area contributed by atoms with Crippen LogP contribution in [-0.2, 0) is 0 Å². The van der Waals surface area contributed by atoms with Crippen LogP contribution in [-0.4, -0.2) is 40.6 Å². The summed E-state index contributed by atoms with van der Waals surface area (Å²) in [5.74, 6) is 2.64. The lowest BCUT2D eigenvalue weighted by Gasteiger charge is -2.32. The molecule has 1 saturated heterocycles. The van der Waals surface area contributed by atoms with Crippen LogP contribution in [0.3, 0.4) is 0 Å². The largest absolute Gasteiger partial charge is 0.493 e. The molecule has 1 aromatic carbocycles. The standard InChI is InChI=1S/C21H25N3O2S/c1-4-15-13-27-21-23-19(16-8-6-7-11-22-16)20(24(15)21)14-9-10-17(26-5-2)18(12-14)25-3/h6-12,15,19-20H,4-5,13H2,1-3H3. The Labute approximate surface area is 164 Å². The van der Waals surface area contributed by atoms with Gasteiger partial charge in [-0.15, -0.1) is 0 Å². The number of hydrogen-bond acceptors (Lipinski definition) is 6. The van der Waals surface area contributed by atoms with Crippen LogP contribution in [0.15, 0.2) is 47.6 Å². The molecule has 142 valence electrons. The first-order valence-electron chi connectivity index (χ1n) is 9.47. The molecule has 2 aliphatic heterocycles. The molecule has 6 heteroatoms. The number of nitrogens with zero attached hydrogens (tertiary/aromatic N) is 3. The summed E-state index contributed by atoms with van der Waals surface area (Å²) in [7, 11) is 1.69. The van der Waals surface area contributed by atoms with Crippen molar-refractivity contribution >= 4 is 16.9 Å². The molecule has 4 rings (SSSR count). The Bertz CT molecular complexity index is 827. The zero-order valence-electron chi connectivity index (χ0n) is 16.0. The summed E-state index contributed by atoms with van der Waals surface area (Å²) < 4.78 is 11.3. The summed E-state index contributed by atoms with van der Waals surface area (Å²) in [5.41, 5.74) is 2.19. The molecule has 1 fully saturated rings. The summed E-state index contributed by atoms with van der Waals surface area (Å²) >= 11 is 1.86. The van der Waals surface area contributed by atoms with Crippen LogP contribution in [0.5, 0.6) is 11.5 Å². The number of amidine groups is 1. The first-order valence-corrected chi connectivity index (χ1v) is 10.5. The normalized spacial score (nSPS) is 23.9. The van der Waals surface area contributed by atoms with Crippen LogP contribution < -0.4 is 9.47 Å². The maximum Gasteiger partial charge on any atom is 0.161 e. The van der Waals surface area contributed by atoms with Gasteiger partial charge in [-0.2, -0.15) is 0 Å². The molecular weight excluding hydrogens is 358 g/mol. The fourth-order valence-corrected chi connectivity index (χ4v) is 5.19. The Kier molecular flexibility index (Phi) is 5.25. The van der Waals surface area contributed by atoms with Crippen LogP contribution in [0.25, 0.3) is 0 Å². The van der Waals surface area contributed by atoms with E-state index in [-0.39, 0.29) is 12.1 Å². The number of methoxy groups -OCH3 is 1. The van der Waals surface area contributed by atoms with E-state index in [1.165, 1.54) is 5.56 Å². The third-order valence-electron chi connectivity index (χ3n) is 5.16. The Hall–Kier alpha value is -2.21. The molecule has 27 heavy (non-hydrogen) atoms. The van der Waals surface area contributed by atoms with Crippen LogP contribution in [0.4, 0.5) is 0 Å². The van der Waals surface area contributed by atoms with Crippen molar-refractivity contribution in [3.8, 4) is 11.5 Å². The molecule has 2 aliphatic rings. The summed E-state index contributed by atoms with van der Waals surface area (Å²) in [6.07, 6.45) is 2.95. The summed E-state index contributed by atoms with van der Waals surface area (Å²) in [4.78, 5) is 12.2. The molecule has 5 nitrogen and oxygen atoms in total. The highest BCUT2D eigenvalue weighted by atomic mass is 32.2. The van der Waals surface area contributed by atoms with Gasteiger partial charge >= 0.3 is 0 Å². The van der Waals surface area contributed by atoms with Crippen molar-refractivity contribution in [2.75, 3.05) is 19.5 Å². The highest BCUT2D eigenvalue weighted by Gasteiger charge is 2.45. The molecule has 0 radical (unpaired) electrons. The molecule has 0 aliphatic carbocycles. The number of rotatable bonds is 6. The summed E-state index contributed by atoms with van der Waals surface area (Å²) in [6.45, 7) is 4.84. The minimum atomic E-state index is -0.00861. The van der Waals surface area contributed by atoms with Crippen molar-refractivity contribution < 1.29 is 9.47 Å². The van der Waals surface area contributed by atoms with E-state index in [4.69, 9.17) is 14.5 Å². The second-order valence-corrected chi connectivity index (χ2v) is 7.67. The van der Waals surface area contributed by atoms with Gasteiger partial charge in [0, 0.05) is 18.0 Å². The molecule has 0 saturated carbocycles. The van der Waals surface area contributed by atoms with Crippen molar-refractivity contribution in [2.45, 2.75) is 38.4 Å². The van der Waals surface area contributed by atoms with Crippen molar-refractivity contribution in [3.05, 3.63) is 53.9 Å². The van der Waals surface area contributed by atoms with Crippen LogP contribution in [0, 0.1) is 0 Å². The van der Waals surface area contributed by atoms with Crippen LogP contribution in [0.2, 0.25) is 0 Å². The van der Waals surface area contributed by atoms with Gasteiger partial charge < -0.3 is 14.4 Å². The first kappa shape index (κ1) is 18.2. The van der Waals surface area contributed by atoms with Crippen molar-refractivity contribution in [1.29, 1.82) is 0 Å². The number of ether oxygens (including phenoxy) is 2. The van der Waals surface area contributed by atoms with Crippen molar-refractivity contribution in [2.24, 2.45) is 4.99 Å². The predicted molar refractivity (Wildman–Crippen MR) is 110 cm³/mol. The number of aliphatic imine (C=N–C) groups is 1. The van der Waals surface area contributed by atoms with Gasteiger partial charge in [0.15, 0.2) is 16.7 Å². The van der Waals surface area contributed by atoms with Gasteiger partial charge in [0.1, 0.15) is 6.04 Å². The molecule has 0 N–H and O–H groups in total. The maximum absolute atomic E-state index is 5.70. The fourth-order valence-electron chi connectivity index (χ4n) is 3.85. The fraction of sp³-hybridized carbons (Fsp3) is 0.429. The average molecular weight is 384 g/mol. The Morgan fingerprint density at radius 2 is 2.07 bits per heavy atom. The van der Waals surface area contributed by atoms with Gasteiger partial charge in [0.2, 0.25) is 0 Å². The van der Waals surface area contributed by atoms with E-state index in [9.17, 15) is 0 Å². The number of fused-ring (bicyclic) bond motifs is 1. The lowest BCUT2D eigenvalue weighted by atomic mass is 9.95. The van der Waals surface area contributed by atoms with Crippen molar-refractivity contribution in [1.82, 2.24) is 9.88 Å². The van der Waals surface area contributed by atoms with Crippen molar-refractivity contribution in [3.63, 3.8) is 0 Å². The van der Waals surface area contributed by atoms with Gasteiger partial charge in [-0.25, -0.2) is 0 Å². The summed E-state index contributed by atoms with van der Waals surface area (Å²) in [6, 6.07) is 12.9. The predicted octanol–water partition coefficient (Wildman–Crippen LogP) is 4.47. The summed E-state index contributed by atoms with van der Waals surface area (Å²) in [5, 5.41) is 1.13. The van der Waals surface area contributed by atoms with E-state index in [0.29, 0.717) is 12.6 Å². The average Bonchev–Trinajstić information content (AvgIpc) is 3.28. The number of aromatic nitrogens is 1. The maximum atomic E-state index is 5.70. The SMILES string of the molecule is CCOc1ccc(C2C(c3ccccn3)N=C3SCC(CC)N32)cc1OC. The van der Waals surface area contributed by atoms with E-state index in [1.54, 1.807) is 7.11 Å². The van der Waals surface area contributed by atoms with Gasteiger partial charge in [-0.1, -0.05) is 30.8 Å². The molecule has 2 aromatic rings. The first-order chi connectivity index (χ1) is 13.3. The molecule has 1 aromatic heterocycles. The number of thioether (sulfide) groups is 1. The van der Waals surface area contributed by atoms with E-state index in [1.807, 2.05) is 43.1 Å². The molecule has 0 bridgehead atoms. The zero-order chi connectivity index (χ0) is 18.8. The molecule has 0 spiro atoms. The number of hydrogen-bond donors (Lipinski definition) is 0. The Balaban J connectivity index is 1.77. The lowest BCUT2D eigenvalue weighted by molar-refractivity contribution is 0.254. The van der Waals surface area contributed by atoms with Crippen LogP contribution >= 0.6 is 11.8 Å². The van der Waals surface area contributed by atoms with Gasteiger partial charge in [0.25, 0.3) is 0 Å². The zero-order valence-corrected chi connectivity index (χ0v) is 16.8. The van der Waals surface area contributed by atoms with Gasteiger partial charge in [-0.3, -0.25) is 9.98 Å². The highest BCUT2D eigenvalue weighted by Crippen LogP contribution is 2.49. The molecule has 3 heterocycles. The van der Waals surface area contributed by atoms with Gasteiger partial charge in [-0.05, 0) is 43.2 Å². The highest BCUT2D eigenvalue weighted by molar-refractivity contribution is 8.14. The Morgan fingerprint density at radius 1 is 1.19 bits per heavy atom. The minimum Gasteiger partial charge on any atom is -0.493 e. The monoisotopic (exact) mass is 383 g/mol. The van der Waals surface area contributed by atoms with Crippen LogP contribution in [0.1, 0.15) is 43.6 Å². The third-order valence-corrected chi connectivity index (χ3v) is 6.28. The molecular formula is C21H25N3O2S.